The Morgan fingerprint density at radius 3 is 2.70 bits per heavy atom. The molecule has 1 unspecified atom stereocenters. The molecule has 0 radical (unpaired) electrons. The summed E-state index contributed by atoms with van der Waals surface area (Å²) >= 11 is 0. The second-order valence-corrected chi connectivity index (χ2v) is 9.06. The summed E-state index contributed by atoms with van der Waals surface area (Å²) in [7, 11) is 0. The lowest BCUT2D eigenvalue weighted by Crippen LogP contribution is -2.43. The van der Waals surface area contributed by atoms with Gasteiger partial charge in [-0.05, 0) is 65.5 Å². The molecule has 27 heavy (non-hydrogen) atoms. The van der Waals surface area contributed by atoms with Crippen molar-refractivity contribution in [2.45, 2.75) is 58.5 Å². The minimum Gasteiger partial charge on any atom is -0.366 e. The minimum atomic E-state index is -0.374. The summed E-state index contributed by atoms with van der Waals surface area (Å²) in [4.78, 5) is 14.2. The molecule has 1 saturated carbocycles. The molecule has 1 aliphatic carbocycles. The number of carbonyl (C=O) groups excluding carboxylic acids is 1. The Hall–Kier alpha value is -2.13. The highest BCUT2D eigenvalue weighted by Crippen LogP contribution is 2.39. The molecular weight excluding hydrogens is 332 g/mol. The van der Waals surface area contributed by atoms with E-state index in [9.17, 15) is 4.79 Å². The van der Waals surface area contributed by atoms with Crippen molar-refractivity contribution in [3.8, 4) is 11.1 Å². The van der Waals surface area contributed by atoms with Gasteiger partial charge in [-0.2, -0.15) is 0 Å². The molecule has 2 aliphatic rings. The Balaban J connectivity index is 1.53. The van der Waals surface area contributed by atoms with Gasteiger partial charge < -0.3 is 5.73 Å². The number of nitrogens with two attached hydrogens (primary N) is 1. The second kappa shape index (κ2) is 7.12. The van der Waals surface area contributed by atoms with Gasteiger partial charge >= 0.3 is 0 Å². The van der Waals surface area contributed by atoms with Gasteiger partial charge in [0.25, 0.3) is 0 Å². The van der Waals surface area contributed by atoms with Gasteiger partial charge in [0.2, 0.25) is 5.91 Å². The quantitative estimate of drug-likeness (QED) is 0.854. The van der Waals surface area contributed by atoms with Gasteiger partial charge in [0.1, 0.15) is 0 Å². The van der Waals surface area contributed by atoms with E-state index in [1.54, 1.807) is 6.07 Å². The van der Waals surface area contributed by atoms with E-state index in [1.807, 2.05) is 18.2 Å². The largest absolute Gasteiger partial charge is 0.366 e. The summed E-state index contributed by atoms with van der Waals surface area (Å²) in [6.07, 6.45) is 6.49. The lowest BCUT2D eigenvalue weighted by molar-refractivity contribution is 0.0844. The van der Waals surface area contributed by atoms with Crippen LogP contribution in [0.25, 0.3) is 11.1 Å². The Kier molecular flexibility index (Phi) is 4.81. The maximum Gasteiger partial charge on any atom is 0.248 e. The molecule has 1 heterocycles. The van der Waals surface area contributed by atoms with Gasteiger partial charge in [-0.25, -0.2) is 0 Å². The smallest absolute Gasteiger partial charge is 0.248 e. The number of primary amides is 1. The normalized spacial score (nSPS) is 22.2. The predicted molar refractivity (Wildman–Crippen MR) is 111 cm³/mol. The van der Waals surface area contributed by atoms with Crippen molar-refractivity contribution >= 4 is 5.91 Å². The van der Waals surface area contributed by atoms with Crippen molar-refractivity contribution in [3.05, 3.63) is 59.2 Å². The van der Waals surface area contributed by atoms with E-state index < -0.39 is 0 Å². The summed E-state index contributed by atoms with van der Waals surface area (Å²) in [6.45, 7) is 7.06. The third kappa shape index (κ3) is 3.93. The summed E-state index contributed by atoms with van der Waals surface area (Å²) < 4.78 is 0. The van der Waals surface area contributed by atoms with Crippen LogP contribution in [0.1, 0.15) is 61.0 Å². The highest BCUT2D eigenvalue weighted by atomic mass is 16.1. The van der Waals surface area contributed by atoms with E-state index >= 15 is 0 Å². The maximum atomic E-state index is 11.5. The first-order valence-electron chi connectivity index (χ1n) is 10.2. The monoisotopic (exact) mass is 362 g/mol. The van der Waals surface area contributed by atoms with Crippen molar-refractivity contribution in [1.29, 1.82) is 0 Å². The molecule has 1 fully saturated rings. The summed E-state index contributed by atoms with van der Waals surface area (Å²) in [5.74, 6) is -0.374. The van der Waals surface area contributed by atoms with Crippen LogP contribution in [0.15, 0.2) is 42.5 Å². The van der Waals surface area contributed by atoms with Gasteiger partial charge in [-0.1, -0.05) is 50.6 Å². The standard InChI is InChI=1S/C24H30N2O/c1-24(2)11-4-7-22(15-24)26-12-10-19-13-18(8-9-21(19)16-26)17-5-3-6-20(14-17)23(25)27/h3,5-6,8-9,13-14,22H,4,7,10-12,15-16H2,1-2H3,(H2,25,27). The van der Waals surface area contributed by atoms with Gasteiger partial charge in [0.05, 0.1) is 0 Å². The highest BCUT2D eigenvalue weighted by Gasteiger charge is 2.32. The third-order valence-corrected chi connectivity index (χ3v) is 6.42. The van der Waals surface area contributed by atoms with Crippen LogP contribution in [0, 0.1) is 5.41 Å². The topological polar surface area (TPSA) is 46.3 Å². The van der Waals surface area contributed by atoms with Gasteiger partial charge in [-0.15, -0.1) is 0 Å². The number of benzene rings is 2. The summed E-state index contributed by atoms with van der Waals surface area (Å²) in [5, 5.41) is 0. The predicted octanol–water partition coefficient (Wildman–Crippen LogP) is 4.78. The van der Waals surface area contributed by atoms with Crippen molar-refractivity contribution in [2.75, 3.05) is 6.54 Å². The number of nitrogens with zero attached hydrogens (tertiary/aromatic N) is 1. The molecular formula is C24H30N2O. The molecule has 0 bridgehead atoms. The van der Waals surface area contributed by atoms with Crippen molar-refractivity contribution in [1.82, 2.24) is 4.90 Å². The zero-order chi connectivity index (χ0) is 19.0. The van der Waals surface area contributed by atoms with Gasteiger partial charge in [-0.3, -0.25) is 9.69 Å². The molecule has 3 heteroatoms. The average molecular weight is 363 g/mol. The van der Waals surface area contributed by atoms with E-state index in [0.717, 1.165) is 31.1 Å². The fourth-order valence-electron chi connectivity index (χ4n) is 4.89. The van der Waals surface area contributed by atoms with Crippen LogP contribution < -0.4 is 5.73 Å². The van der Waals surface area contributed by atoms with E-state index in [-0.39, 0.29) is 5.91 Å². The lowest BCUT2D eigenvalue weighted by atomic mass is 9.74. The van der Waals surface area contributed by atoms with E-state index in [0.29, 0.717) is 11.0 Å². The Labute approximate surface area is 162 Å². The molecule has 2 aromatic rings. The summed E-state index contributed by atoms with van der Waals surface area (Å²) in [5.41, 5.74) is 11.6. The van der Waals surface area contributed by atoms with Crippen LogP contribution in [-0.2, 0) is 13.0 Å². The van der Waals surface area contributed by atoms with Crippen LogP contribution >= 0.6 is 0 Å². The van der Waals surface area contributed by atoms with E-state index in [1.165, 1.54) is 42.4 Å². The van der Waals surface area contributed by atoms with Crippen LogP contribution in [0.2, 0.25) is 0 Å². The van der Waals surface area contributed by atoms with Crippen LogP contribution in [0.4, 0.5) is 0 Å². The van der Waals surface area contributed by atoms with Crippen molar-refractivity contribution in [3.63, 3.8) is 0 Å². The molecule has 3 nitrogen and oxygen atoms in total. The van der Waals surface area contributed by atoms with Crippen LogP contribution in [-0.4, -0.2) is 23.4 Å². The molecule has 1 amide bonds. The zero-order valence-electron chi connectivity index (χ0n) is 16.5. The molecule has 142 valence electrons. The first-order chi connectivity index (χ1) is 12.9. The van der Waals surface area contributed by atoms with Gasteiger partial charge in [0, 0.05) is 24.7 Å². The molecule has 0 aromatic heterocycles. The summed E-state index contributed by atoms with van der Waals surface area (Å²) in [6, 6.07) is 15.1. The first-order valence-corrected chi connectivity index (χ1v) is 10.2. The van der Waals surface area contributed by atoms with Crippen molar-refractivity contribution in [2.24, 2.45) is 11.1 Å². The molecule has 1 aliphatic heterocycles. The fourth-order valence-corrected chi connectivity index (χ4v) is 4.89. The molecule has 4 rings (SSSR count). The average Bonchev–Trinajstić information content (AvgIpc) is 2.66. The number of carbonyl (C=O) groups is 1. The molecule has 1 atom stereocenters. The number of amides is 1. The third-order valence-electron chi connectivity index (χ3n) is 6.42. The molecule has 0 spiro atoms. The van der Waals surface area contributed by atoms with E-state index in [2.05, 4.69) is 36.9 Å². The fraction of sp³-hybridized carbons (Fsp3) is 0.458. The number of rotatable bonds is 3. The molecule has 0 saturated heterocycles. The second-order valence-electron chi connectivity index (χ2n) is 9.06. The van der Waals surface area contributed by atoms with Gasteiger partial charge in [0.15, 0.2) is 0 Å². The minimum absolute atomic E-state index is 0.374. The van der Waals surface area contributed by atoms with E-state index in [4.69, 9.17) is 5.73 Å². The molecule has 2 N–H and O–H groups in total. The highest BCUT2D eigenvalue weighted by molar-refractivity contribution is 5.94. The molecule has 2 aromatic carbocycles. The maximum absolute atomic E-state index is 11.5. The first kappa shape index (κ1) is 18.2. The van der Waals surface area contributed by atoms with Crippen LogP contribution in [0.5, 0.6) is 0 Å². The SMILES string of the molecule is CC1(C)CCCC(N2CCc3cc(-c4cccc(C(N)=O)c4)ccc3C2)C1. The number of hydrogen-bond acceptors (Lipinski definition) is 2. The Morgan fingerprint density at radius 2 is 1.93 bits per heavy atom. The Morgan fingerprint density at radius 1 is 1.11 bits per heavy atom. The zero-order valence-corrected chi connectivity index (χ0v) is 16.5. The van der Waals surface area contributed by atoms with Crippen LogP contribution in [0.3, 0.4) is 0 Å². The Bertz CT molecular complexity index is 855. The number of hydrogen-bond donors (Lipinski definition) is 1. The lowest BCUT2D eigenvalue weighted by Gasteiger charge is -2.43. The number of fused-ring (bicyclic) bond motifs is 1. The van der Waals surface area contributed by atoms with Crippen molar-refractivity contribution < 1.29 is 4.79 Å².